The summed E-state index contributed by atoms with van der Waals surface area (Å²) >= 11 is 0. The van der Waals surface area contributed by atoms with Gasteiger partial charge in [-0.3, -0.25) is 9.48 Å². The first-order valence-corrected chi connectivity index (χ1v) is 8.34. The highest BCUT2D eigenvalue weighted by Crippen LogP contribution is 2.22. The molecule has 1 amide bonds. The van der Waals surface area contributed by atoms with Crippen molar-refractivity contribution in [2.24, 2.45) is 0 Å². The van der Waals surface area contributed by atoms with Crippen molar-refractivity contribution in [1.29, 1.82) is 0 Å². The predicted molar refractivity (Wildman–Crippen MR) is 97.2 cm³/mol. The topological polar surface area (TPSA) is 67.2 Å². The molecule has 0 spiro atoms. The fourth-order valence-electron chi connectivity index (χ4n) is 2.63. The highest BCUT2D eigenvalue weighted by atomic mass is 16.3. The number of hydrogen-bond acceptors (Lipinski definition) is 3. The molecule has 5 heteroatoms. The maximum atomic E-state index is 12.4. The zero-order valence-corrected chi connectivity index (χ0v) is 14.1. The minimum atomic E-state index is -0.121. The first-order valence-electron chi connectivity index (χ1n) is 8.34. The van der Waals surface area contributed by atoms with Gasteiger partial charge in [0.15, 0.2) is 0 Å². The average Bonchev–Trinajstić information content (AvgIpc) is 3.08. The summed E-state index contributed by atoms with van der Waals surface area (Å²) in [6.45, 7) is 3.43. The van der Waals surface area contributed by atoms with Gasteiger partial charge in [0.25, 0.3) is 5.91 Å². The minimum Gasteiger partial charge on any atom is -0.508 e. The van der Waals surface area contributed by atoms with E-state index in [1.165, 1.54) is 0 Å². The second-order valence-electron chi connectivity index (χ2n) is 5.92. The fraction of sp³-hybridized carbons (Fsp3) is 0.200. The minimum absolute atomic E-state index is 0.121. The van der Waals surface area contributed by atoms with Gasteiger partial charge in [-0.05, 0) is 41.8 Å². The lowest BCUT2D eigenvalue weighted by Gasteiger charge is -2.07. The van der Waals surface area contributed by atoms with Crippen LogP contribution in [0.1, 0.15) is 29.3 Å². The normalized spacial score (nSPS) is 10.6. The molecule has 5 nitrogen and oxygen atoms in total. The average molecular weight is 335 g/mol. The van der Waals surface area contributed by atoms with E-state index < -0.39 is 0 Å². The molecule has 0 atom stereocenters. The third-order valence-electron chi connectivity index (χ3n) is 3.92. The van der Waals surface area contributed by atoms with E-state index in [0.29, 0.717) is 12.1 Å². The van der Waals surface area contributed by atoms with Crippen LogP contribution in [-0.4, -0.2) is 20.8 Å². The van der Waals surface area contributed by atoms with E-state index in [1.807, 2.05) is 41.2 Å². The van der Waals surface area contributed by atoms with Crippen molar-refractivity contribution in [3.8, 4) is 16.9 Å². The Bertz CT molecular complexity index is 853. The Morgan fingerprint density at radius 3 is 2.72 bits per heavy atom. The van der Waals surface area contributed by atoms with Gasteiger partial charge in [-0.1, -0.05) is 31.2 Å². The largest absolute Gasteiger partial charge is 0.508 e. The highest BCUT2D eigenvalue weighted by Gasteiger charge is 2.08. The summed E-state index contributed by atoms with van der Waals surface area (Å²) in [4.78, 5) is 12.4. The zero-order valence-electron chi connectivity index (χ0n) is 14.1. The maximum Gasteiger partial charge on any atom is 0.251 e. The van der Waals surface area contributed by atoms with Crippen molar-refractivity contribution < 1.29 is 9.90 Å². The predicted octanol–water partition coefficient (Wildman–Crippen LogP) is 3.60. The molecule has 0 radical (unpaired) electrons. The summed E-state index contributed by atoms with van der Waals surface area (Å²) in [5.41, 5.74) is 3.47. The number of carbonyl (C=O) groups excluding carboxylic acids is 1. The van der Waals surface area contributed by atoms with Crippen LogP contribution in [0, 0.1) is 0 Å². The molecule has 1 heterocycles. The number of aryl methyl sites for hydroxylation is 1. The van der Waals surface area contributed by atoms with Gasteiger partial charge in [0.05, 0.1) is 6.20 Å². The lowest BCUT2D eigenvalue weighted by Crippen LogP contribution is -2.22. The number of nitrogens with one attached hydrogen (secondary N) is 1. The quantitative estimate of drug-likeness (QED) is 0.723. The van der Waals surface area contributed by atoms with Gasteiger partial charge < -0.3 is 10.4 Å². The molecule has 3 aromatic rings. The van der Waals surface area contributed by atoms with Crippen molar-refractivity contribution in [3.63, 3.8) is 0 Å². The van der Waals surface area contributed by atoms with Crippen molar-refractivity contribution in [1.82, 2.24) is 15.1 Å². The number of hydrogen-bond donors (Lipinski definition) is 2. The van der Waals surface area contributed by atoms with Gasteiger partial charge in [0, 0.05) is 30.4 Å². The van der Waals surface area contributed by atoms with Crippen molar-refractivity contribution in [2.45, 2.75) is 26.4 Å². The molecular weight excluding hydrogens is 314 g/mol. The summed E-state index contributed by atoms with van der Waals surface area (Å²) < 4.78 is 1.88. The van der Waals surface area contributed by atoms with Gasteiger partial charge in [-0.15, -0.1) is 0 Å². The monoisotopic (exact) mass is 335 g/mol. The van der Waals surface area contributed by atoms with Crippen LogP contribution in [0.25, 0.3) is 11.1 Å². The third-order valence-corrected chi connectivity index (χ3v) is 3.92. The molecule has 0 fully saturated rings. The van der Waals surface area contributed by atoms with Gasteiger partial charge in [-0.2, -0.15) is 5.10 Å². The number of aromatic hydroxyl groups is 1. The van der Waals surface area contributed by atoms with Gasteiger partial charge in [-0.25, -0.2) is 0 Å². The highest BCUT2D eigenvalue weighted by molar-refractivity contribution is 5.95. The van der Waals surface area contributed by atoms with Crippen LogP contribution in [0.3, 0.4) is 0 Å². The first-order chi connectivity index (χ1) is 12.2. The first kappa shape index (κ1) is 16.8. The molecule has 0 aliphatic rings. The molecule has 0 saturated carbocycles. The van der Waals surface area contributed by atoms with Crippen molar-refractivity contribution >= 4 is 5.91 Å². The molecule has 0 aliphatic carbocycles. The van der Waals surface area contributed by atoms with E-state index in [4.69, 9.17) is 0 Å². The van der Waals surface area contributed by atoms with Gasteiger partial charge in [0.2, 0.25) is 0 Å². The summed E-state index contributed by atoms with van der Waals surface area (Å²) in [6, 6.07) is 14.4. The number of nitrogens with zero attached hydrogens (tertiary/aromatic N) is 2. The lowest BCUT2D eigenvalue weighted by atomic mass is 10.0. The Labute approximate surface area is 146 Å². The molecule has 0 saturated heterocycles. The number of phenolic OH excluding ortho intramolecular Hbond substituents is 1. The second kappa shape index (κ2) is 7.66. The molecule has 25 heavy (non-hydrogen) atoms. The summed E-state index contributed by atoms with van der Waals surface area (Å²) in [5.74, 6) is 0.102. The van der Waals surface area contributed by atoms with E-state index in [0.717, 1.165) is 29.7 Å². The zero-order chi connectivity index (χ0) is 17.6. The summed E-state index contributed by atoms with van der Waals surface area (Å²) in [6.07, 6.45) is 4.76. The smallest absolute Gasteiger partial charge is 0.251 e. The number of rotatable bonds is 6. The van der Waals surface area contributed by atoms with Crippen LogP contribution in [0.2, 0.25) is 0 Å². The number of phenols is 1. The van der Waals surface area contributed by atoms with Gasteiger partial charge in [0.1, 0.15) is 5.75 Å². The van der Waals surface area contributed by atoms with Crippen LogP contribution >= 0.6 is 0 Å². The number of benzene rings is 2. The number of aromatic nitrogens is 2. The van der Waals surface area contributed by atoms with Crippen LogP contribution < -0.4 is 5.32 Å². The molecule has 0 unspecified atom stereocenters. The molecule has 0 aliphatic heterocycles. The summed E-state index contributed by atoms with van der Waals surface area (Å²) in [7, 11) is 0. The molecule has 2 N–H and O–H groups in total. The number of carbonyl (C=O) groups is 1. The molecular formula is C20H21N3O2. The lowest BCUT2D eigenvalue weighted by molar-refractivity contribution is 0.0951. The Kier molecular flexibility index (Phi) is 5.14. The molecule has 2 aromatic carbocycles. The molecule has 3 rings (SSSR count). The summed E-state index contributed by atoms with van der Waals surface area (Å²) in [5, 5.41) is 16.6. The fourth-order valence-corrected chi connectivity index (χ4v) is 2.63. The van der Waals surface area contributed by atoms with E-state index in [1.54, 1.807) is 24.4 Å². The van der Waals surface area contributed by atoms with E-state index in [-0.39, 0.29) is 11.7 Å². The van der Waals surface area contributed by atoms with Crippen molar-refractivity contribution in [2.75, 3.05) is 0 Å². The van der Waals surface area contributed by atoms with Crippen LogP contribution in [-0.2, 0) is 13.1 Å². The van der Waals surface area contributed by atoms with Crippen LogP contribution in [0.4, 0.5) is 0 Å². The SMILES string of the molecule is CCCn1cc(CNC(=O)c2cccc(-c3ccc(O)cc3)c2)cn1. The Hall–Kier alpha value is -3.08. The maximum absolute atomic E-state index is 12.4. The van der Waals surface area contributed by atoms with E-state index in [9.17, 15) is 9.90 Å². The Morgan fingerprint density at radius 1 is 1.16 bits per heavy atom. The van der Waals surface area contributed by atoms with E-state index >= 15 is 0 Å². The Morgan fingerprint density at radius 2 is 1.96 bits per heavy atom. The third kappa shape index (κ3) is 4.26. The second-order valence-corrected chi connectivity index (χ2v) is 5.92. The van der Waals surface area contributed by atoms with E-state index in [2.05, 4.69) is 17.3 Å². The molecule has 128 valence electrons. The van der Waals surface area contributed by atoms with Crippen LogP contribution in [0.15, 0.2) is 60.9 Å². The van der Waals surface area contributed by atoms with Crippen molar-refractivity contribution in [3.05, 3.63) is 72.1 Å². The standard InChI is InChI=1S/C20H21N3O2/c1-2-10-23-14-15(13-22-23)12-21-20(25)18-5-3-4-17(11-18)16-6-8-19(24)9-7-16/h3-9,11,13-14,24H,2,10,12H2,1H3,(H,21,25). The molecule has 0 bridgehead atoms. The van der Waals surface area contributed by atoms with Crippen LogP contribution in [0.5, 0.6) is 5.75 Å². The number of amides is 1. The van der Waals surface area contributed by atoms with Gasteiger partial charge >= 0.3 is 0 Å². The molecule has 1 aromatic heterocycles. The Balaban J connectivity index is 1.67.